The summed E-state index contributed by atoms with van der Waals surface area (Å²) in [5.74, 6) is 0. The Labute approximate surface area is 92.7 Å². The molecule has 6 heteroatoms. The molecule has 5 nitrogen and oxygen atoms in total. The molecular formula is C9H13ClN4O. The number of nitrogens with two attached hydrogens (primary N) is 1. The number of nitrogens with zero attached hydrogens (tertiary/aromatic N) is 3. The number of aromatic nitrogens is 2. The molecule has 82 valence electrons. The van der Waals surface area contributed by atoms with E-state index in [0.717, 1.165) is 26.3 Å². The zero-order valence-corrected chi connectivity index (χ0v) is 9.02. The van der Waals surface area contributed by atoms with Crippen LogP contribution in [0.15, 0.2) is 6.20 Å². The van der Waals surface area contributed by atoms with Crippen LogP contribution in [0.2, 0.25) is 5.15 Å². The fraction of sp³-hybridized carbons (Fsp3) is 0.667. The average Bonchev–Trinajstić information content (AvgIpc) is 2.37. The molecule has 0 amide bonds. The van der Waals surface area contributed by atoms with Gasteiger partial charge in [-0.3, -0.25) is 4.90 Å². The van der Waals surface area contributed by atoms with Gasteiger partial charge in [0.15, 0.2) is 0 Å². The van der Waals surface area contributed by atoms with E-state index in [0.29, 0.717) is 22.9 Å². The molecule has 0 unspecified atom stereocenters. The molecule has 0 aromatic carbocycles. The van der Waals surface area contributed by atoms with Crippen LogP contribution in [0.25, 0.3) is 0 Å². The van der Waals surface area contributed by atoms with Gasteiger partial charge in [0.25, 0.3) is 0 Å². The Morgan fingerprint density at radius 2 is 2.13 bits per heavy atom. The first-order valence-electron chi connectivity index (χ1n) is 5.06. The Hall–Kier alpha value is -0.780. The van der Waals surface area contributed by atoms with Crippen molar-refractivity contribution in [2.24, 2.45) is 0 Å². The summed E-state index contributed by atoms with van der Waals surface area (Å²) in [5, 5.41) is 4.74. The molecule has 2 N–H and O–H groups in total. The fourth-order valence-corrected chi connectivity index (χ4v) is 2.22. The number of anilines is 1. The Balaban J connectivity index is 1.64. The summed E-state index contributed by atoms with van der Waals surface area (Å²) >= 11 is 6.02. The molecule has 1 aromatic rings. The number of ether oxygens (including phenoxy) is 1. The maximum absolute atomic E-state index is 6.02. The van der Waals surface area contributed by atoms with Crippen LogP contribution in [0.3, 0.4) is 0 Å². The minimum absolute atomic E-state index is 0.371. The van der Waals surface area contributed by atoms with Crippen LogP contribution >= 0.6 is 11.6 Å². The highest BCUT2D eigenvalue weighted by molar-refractivity contribution is 6.32. The molecule has 3 rings (SSSR count). The van der Waals surface area contributed by atoms with Crippen LogP contribution in [0.4, 0.5) is 5.69 Å². The number of hydrogen-bond acceptors (Lipinski definition) is 4. The zero-order chi connectivity index (χ0) is 10.4. The minimum Gasteiger partial charge on any atom is -0.395 e. The lowest BCUT2D eigenvalue weighted by Crippen LogP contribution is -2.59. The standard InChI is InChI=1S/C9H13ClN4O/c10-9-8(11)1-12-14(9)6-2-13(3-6)7-4-15-5-7/h1,6-7H,2-5,11H2. The van der Waals surface area contributed by atoms with Gasteiger partial charge in [-0.1, -0.05) is 11.6 Å². The van der Waals surface area contributed by atoms with Crippen LogP contribution in [-0.4, -0.2) is 47.0 Å². The maximum atomic E-state index is 6.02. The first kappa shape index (κ1) is 9.45. The van der Waals surface area contributed by atoms with Crippen molar-refractivity contribution in [2.75, 3.05) is 32.0 Å². The lowest BCUT2D eigenvalue weighted by Gasteiger charge is -2.47. The molecule has 0 radical (unpaired) electrons. The number of halogens is 1. The van der Waals surface area contributed by atoms with Crippen molar-refractivity contribution in [3.63, 3.8) is 0 Å². The molecule has 0 bridgehead atoms. The Morgan fingerprint density at radius 1 is 1.40 bits per heavy atom. The van der Waals surface area contributed by atoms with Crippen LogP contribution in [0, 0.1) is 0 Å². The summed E-state index contributed by atoms with van der Waals surface area (Å²) < 4.78 is 6.96. The van der Waals surface area contributed by atoms with E-state index < -0.39 is 0 Å². The van der Waals surface area contributed by atoms with Gasteiger partial charge in [-0.2, -0.15) is 5.10 Å². The van der Waals surface area contributed by atoms with Crippen molar-refractivity contribution < 1.29 is 4.74 Å². The van der Waals surface area contributed by atoms with Crippen molar-refractivity contribution in [3.8, 4) is 0 Å². The predicted molar refractivity (Wildman–Crippen MR) is 56.9 cm³/mol. The summed E-state index contributed by atoms with van der Waals surface area (Å²) in [6.07, 6.45) is 1.61. The van der Waals surface area contributed by atoms with Crippen molar-refractivity contribution in [1.82, 2.24) is 14.7 Å². The molecule has 2 fully saturated rings. The third kappa shape index (κ3) is 1.42. The SMILES string of the molecule is Nc1cnn(C2CN(C3COC3)C2)c1Cl. The molecule has 0 spiro atoms. The second-order valence-electron chi connectivity index (χ2n) is 4.13. The normalized spacial score (nSPS) is 23.8. The highest BCUT2D eigenvalue weighted by Gasteiger charge is 2.37. The van der Waals surface area contributed by atoms with E-state index in [2.05, 4.69) is 10.00 Å². The first-order valence-corrected chi connectivity index (χ1v) is 5.44. The summed E-state index contributed by atoms with van der Waals surface area (Å²) in [5.41, 5.74) is 6.20. The minimum atomic E-state index is 0.371. The lowest BCUT2D eigenvalue weighted by atomic mass is 10.0. The molecule has 0 atom stereocenters. The Bertz CT molecular complexity index is 370. The van der Waals surface area contributed by atoms with E-state index in [-0.39, 0.29) is 0 Å². The molecule has 2 saturated heterocycles. The zero-order valence-electron chi connectivity index (χ0n) is 8.27. The smallest absolute Gasteiger partial charge is 0.150 e. The fourth-order valence-electron chi connectivity index (χ4n) is 1.99. The topological polar surface area (TPSA) is 56.3 Å². The lowest BCUT2D eigenvalue weighted by molar-refractivity contribution is -0.0996. The summed E-state index contributed by atoms with van der Waals surface area (Å²) in [7, 11) is 0. The predicted octanol–water partition coefficient (Wildman–Crippen LogP) is 0.374. The number of likely N-dealkylation sites (tertiary alicyclic amines) is 1. The third-order valence-electron chi connectivity index (χ3n) is 3.13. The van der Waals surface area contributed by atoms with Crippen LogP contribution in [0.5, 0.6) is 0 Å². The average molecular weight is 229 g/mol. The third-order valence-corrected chi connectivity index (χ3v) is 3.53. The van der Waals surface area contributed by atoms with Gasteiger partial charge in [0.2, 0.25) is 0 Å². The van der Waals surface area contributed by atoms with Gasteiger partial charge in [-0.15, -0.1) is 0 Å². The van der Waals surface area contributed by atoms with E-state index in [9.17, 15) is 0 Å². The second kappa shape index (κ2) is 3.37. The van der Waals surface area contributed by atoms with Crippen LogP contribution in [0.1, 0.15) is 6.04 Å². The van der Waals surface area contributed by atoms with Crippen molar-refractivity contribution in [3.05, 3.63) is 11.3 Å². The highest BCUT2D eigenvalue weighted by Crippen LogP contribution is 2.30. The maximum Gasteiger partial charge on any atom is 0.150 e. The van der Waals surface area contributed by atoms with Crippen molar-refractivity contribution in [2.45, 2.75) is 12.1 Å². The van der Waals surface area contributed by atoms with E-state index in [1.165, 1.54) is 0 Å². The van der Waals surface area contributed by atoms with E-state index in [1.54, 1.807) is 6.20 Å². The first-order chi connectivity index (χ1) is 7.25. The van der Waals surface area contributed by atoms with Gasteiger partial charge in [0.05, 0.1) is 37.2 Å². The van der Waals surface area contributed by atoms with E-state index in [1.807, 2.05) is 4.68 Å². The monoisotopic (exact) mass is 228 g/mol. The van der Waals surface area contributed by atoms with Crippen LogP contribution in [-0.2, 0) is 4.74 Å². The van der Waals surface area contributed by atoms with Crippen molar-refractivity contribution >= 4 is 17.3 Å². The number of hydrogen-bond donors (Lipinski definition) is 1. The molecular weight excluding hydrogens is 216 g/mol. The number of nitrogen functional groups attached to an aromatic ring is 1. The highest BCUT2D eigenvalue weighted by atomic mass is 35.5. The van der Waals surface area contributed by atoms with Gasteiger partial charge in [0.1, 0.15) is 5.15 Å². The summed E-state index contributed by atoms with van der Waals surface area (Å²) in [6, 6.07) is 0.975. The van der Waals surface area contributed by atoms with Gasteiger partial charge in [-0.25, -0.2) is 4.68 Å². The molecule has 15 heavy (non-hydrogen) atoms. The number of rotatable bonds is 2. The molecule has 2 aliphatic heterocycles. The quantitative estimate of drug-likeness (QED) is 0.795. The van der Waals surface area contributed by atoms with Crippen molar-refractivity contribution in [1.29, 1.82) is 0 Å². The van der Waals surface area contributed by atoms with Gasteiger partial charge < -0.3 is 10.5 Å². The van der Waals surface area contributed by atoms with Gasteiger partial charge in [-0.05, 0) is 0 Å². The van der Waals surface area contributed by atoms with Crippen LogP contribution < -0.4 is 5.73 Å². The van der Waals surface area contributed by atoms with E-state index >= 15 is 0 Å². The second-order valence-corrected chi connectivity index (χ2v) is 4.49. The molecule has 2 aliphatic rings. The van der Waals surface area contributed by atoms with E-state index in [4.69, 9.17) is 22.1 Å². The van der Waals surface area contributed by atoms with Gasteiger partial charge in [0, 0.05) is 13.1 Å². The largest absolute Gasteiger partial charge is 0.395 e. The summed E-state index contributed by atoms with van der Waals surface area (Å²) in [4.78, 5) is 2.39. The molecule has 0 saturated carbocycles. The molecule has 0 aliphatic carbocycles. The summed E-state index contributed by atoms with van der Waals surface area (Å²) in [6.45, 7) is 3.72. The Morgan fingerprint density at radius 3 is 2.60 bits per heavy atom. The Kier molecular flexibility index (Phi) is 2.12. The molecule has 3 heterocycles. The molecule has 1 aromatic heterocycles. The van der Waals surface area contributed by atoms with Gasteiger partial charge >= 0.3 is 0 Å².